The molecule has 0 fully saturated rings. The highest BCUT2D eigenvalue weighted by molar-refractivity contribution is 5.93. The number of aryl methyl sites for hydroxylation is 1. The molecule has 12 heteroatoms. The van der Waals surface area contributed by atoms with Gasteiger partial charge in [-0.15, -0.1) is 5.10 Å². The van der Waals surface area contributed by atoms with E-state index in [4.69, 9.17) is 4.74 Å². The lowest BCUT2D eigenvalue weighted by Crippen LogP contribution is -2.39. The van der Waals surface area contributed by atoms with E-state index in [1.807, 2.05) is 36.4 Å². The van der Waals surface area contributed by atoms with Gasteiger partial charge in [-0.05, 0) is 59.5 Å². The second-order valence-electron chi connectivity index (χ2n) is 10.3. The zero-order chi connectivity index (χ0) is 30.9. The average molecular weight is 597 g/mol. The van der Waals surface area contributed by atoms with Crippen LogP contribution in [0.2, 0.25) is 0 Å². The second-order valence-corrected chi connectivity index (χ2v) is 10.3. The number of pyridine rings is 1. The number of rotatable bonds is 13. The monoisotopic (exact) mass is 596 g/mol. The number of aromatic nitrogens is 7. The standard InChI is InChI=1S/C32H33FN8O3/c1-3-9-24-18-29(32(43)35-23(17-30(42)44-4-2)16-22-10-5-8-13-27(22)33)38-41(24)20-21-14-15-28(34-19-21)25-11-6-7-12-26(25)31-36-39-40-37-31/h5-8,10-15,18-19,23H,3-4,9,16-17,20H2,1-2H3,(H,35,43)(H,36,37,39,40)/t23-/m1/s1. The van der Waals surface area contributed by atoms with Crippen LogP contribution in [0.4, 0.5) is 4.39 Å². The number of carbonyl (C=O) groups is 2. The smallest absolute Gasteiger partial charge is 0.307 e. The topological polar surface area (TPSA) is 141 Å². The van der Waals surface area contributed by atoms with E-state index in [1.165, 1.54) is 6.07 Å². The maximum Gasteiger partial charge on any atom is 0.307 e. The Balaban J connectivity index is 1.33. The van der Waals surface area contributed by atoms with E-state index in [0.29, 0.717) is 24.4 Å². The van der Waals surface area contributed by atoms with Crippen LogP contribution in [0.15, 0.2) is 72.9 Å². The lowest BCUT2D eigenvalue weighted by atomic mass is 10.0. The maximum absolute atomic E-state index is 14.4. The molecule has 0 aliphatic carbocycles. The van der Waals surface area contributed by atoms with Crippen LogP contribution >= 0.6 is 0 Å². The summed E-state index contributed by atoms with van der Waals surface area (Å²) in [5.41, 5.74) is 4.89. The Bertz CT molecular complexity index is 1700. The Morgan fingerprint density at radius 1 is 1.05 bits per heavy atom. The number of esters is 1. The first kappa shape index (κ1) is 30.2. The first-order valence-electron chi connectivity index (χ1n) is 14.5. The summed E-state index contributed by atoms with van der Waals surface area (Å²) in [6, 6.07) is 19.0. The first-order valence-corrected chi connectivity index (χ1v) is 14.5. The molecule has 0 bridgehead atoms. The third-order valence-corrected chi connectivity index (χ3v) is 7.04. The minimum absolute atomic E-state index is 0.0927. The van der Waals surface area contributed by atoms with Gasteiger partial charge in [-0.25, -0.2) is 9.49 Å². The molecule has 0 radical (unpaired) electrons. The Labute approximate surface area is 253 Å². The number of tetrazole rings is 1. The Hall–Kier alpha value is -5.26. The lowest BCUT2D eigenvalue weighted by molar-refractivity contribution is -0.143. The zero-order valence-corrected chi connectivity index (χ0v) is 24.5. The summed E-state index contributed by atoms with van der Waals surface area (Å²) in [6.45, 7) is 4.39. The summed E-state index contributed by atoms with van der Waals surface area (Å²) < 4.78 is 21.3. The van der Waals surface area contributed by atoms with Crippen molar-refractivity contribution in [2.24, 2.45) is 0 Å². The summed E-state index contributed by atoms with van der Waals surface area (Å²) in [4.78, 5) is 30.3. The maximum atomic E-state index is 14.4. The third-order valence-electron chi connectivity index (χ3n) is 7.04. The van der Waals surface area contributed by atoms with Crippen LogP contribution in [0.1, 0.15) is 54.0 Å². The molecule has 3 aromatic heterocycles. The van der Waals surface area contributed by atoms with Crippen molar-refractivity contribution in [1.29, 1.82) is 0 Å². The predicted molar refractivity (Wildman–Crippen MR) is 161 cm³/mol. The van der Waals surface area contributed by atoms with E-state index >= 15 is 0 Å². The quantitative estimate of drug-likeness (QED) is 0.189. The average Bonchev–Trinajstić information content (AvgIpc) is 3.70. The fourth-order valence-electron chi connectivity index (χ4n) is 4.98. The van der Waals surface area contributed by atoms with Crippen molar-refractivity contribution in [2.45, 2.75) is 52.1 Å². The molecule has 1 atom stereocenters. The third kappa shape index (κ3) is 7.38. The van der Waals surface area contributed by atoms with Crippen LogP contribution in [0, 0.1) is 5.82 Å². The molecule has 44 heavy (non-hydrogen) atoms. The van der Waals surface area contributed by atoms with E-state index < -0.39 is 23.7 Å². The molecular weight excluding hydrogens is 563 g/mol. The number of amides is 1. The molecule has 0 aliphatic heterocycles. The highest BCUT2D eigenvalue weighted by atomic mass is 19.1. The van der Waals surface area contributed by atoms with E-state index in [2.05, 4.69) is 42.9 Å². The number of aromatic amines is 1. The minimum Gasteiger partial charge on any atom is -0.466 e. The van der Waals surface area contributed by atoms with Crippen LogP contribution in [0.25, 0.3) is 22.6 Å². The number of carbonyl (C=O) groups excluding carboxylic acids is 2. The molecule has 5 aromatic rings. The first-order chi connectivity index (χ1) is 21.4. The van der Waals surface area contributed by atoms with Crippen LogP contribution in [-0.4, -0.2) is 59.9 Å². The molecule has 5 rings (SSSR count). The lowest BCUT2D eigenvalue weighted by Gasteiger charge is -2.18. The van der Waals surface area contributed by atoms with Gasteiger partial charge in [0.25, 0.3) is 5.91 Å². The van der Waals surface area contributed by atoms with Gasteiger partial charge < -0.3 is 10.1 Å². The molecule has 2 aromatic carbocycles. The number of hydrogen-bond acceptors (Lipinski definition) is 8. The number of nitrogens with one attached hydrogen (secondary N) is 2. The van der Waals surface area contributed by atoms with Crippen LogP contribution in [0.5, 0.6) is 0 Å². The molecular formula is C32H33FN8O3. The number of halogens is 1. The van der Waals surface area contributed by atoms with Gasteiger partial charge in [-0.1, -0.05) is 61.9 Å². The Morgan fingerprint density at radius 2 is 1.84 bits per heavy atom. The van der Waals surface area contributed by atoms with Gasteiger partial charge >= 0.3 is 5.97 Å². The number of H-pyrrole nitrogens is 1. The highest BCUT2D eigenvalue weighted by Crippen LogP contribution is 2.28. The van der Waals surface area contributed by atoms with Crippen molar-refractivity contribution >= 4 is 11.9 Å². The number of hydrogen-bond donors (Lipinski definition) is 2. The molecule has 0 saturated carbocycles. The molecule has 3 heterocycles. The van der Waals surface area contributed by atoms with E-state index in [-0.39, 0.29) is 25.1 Å². The summed E-state index contributed by atoms with van der Waals surface area (Å²) in [6.07, 6.45) is 3.39. The highest BCUT2D eigenvalue weighted by Gasteiger charge is 2.22. The van der Waals surface area contributed by atoms with Crippen molar-refractivity contribution in [3.05, 3.63) is 101 Å². The molecule has 226 valence electrons. The van der Waals surface area contributed by atoms with Gasteiger partial charge in [0.15, 0.2) is 5.82 Å². The minimum atomic E-state index is -0.675. The van der Waals surface area contributed by atoms with Gasteiger partial charge in [-0.2, -0.15) is 5.10 Å². The van der Waals surface area contributed by atoms with Crippen LogP contribution in [-0.2, 0) is 28.9 Å². The fraction of sp³-hybridized carbons (Fsp3) is 0.281. The van der Waals surface area contributed by atoms with Crippen molar-refractivity contribution in [1.82, 2.24) is 40.7 Å². The number of benzene rings is 2. The molecule has 0 spiro atoms. The summed E-state index contributed by atoms with van der Waals surface area (Å²) in [5.74, 6) is -0.763. The predicted octanol–water partition coefficient (Wildman–Crippen LogP) is 4.56. The molecule has 11 nitrogen and oxygen atoms in total. The Morgan fingerprint density at radius 3 is 2.55 bits per heavy atom. The van der Waals surface area contributed by atoms with Crippen molar-refractivity contribution in [2.75, 3.05) is 6.61 Å². The van der Waals surface area contributed by atoms with Gasteiger partial charge in [0, 0.05) is 29.1 Å². The molecule has 0 aliphatic rings. The van der Waals surface area contributed by atoms with E-state index in [9.17, 15) is 14.0 Å². The van der Waals surface area contributed by atoms with Gasteiger partial charge in [0.1, 0.15) is 11.5 Å². The van der Waals surface area contributed by atoms with Crippen molar-refractivity contribution in [3.8, 4) is 22.6 Å². The number of ether oxygens (including phenoxy) is 1. The van der Waals surface area contributed by atoms with Crippen molar-refractivity contribution < 1.29 is 18.7 Å². The fourth-order valence-corrected chi connectivity index (χ4v) is 4.98. The van der Waals surface area contributed by atoms with Gasteiger partial charge in [0.2, 0.25) is 0 Å². The summed E-state index contributed by atoms with van der Waals surface area (Å²) in [5, 5.41) is 21.7. The normalized spacial score (nSPS) is 11.7. The molecule has 0 saturated heterocycles. The second kappa shape index (κ2) is 14.3. The SMILES string of the molecule is CCCc1cc(C(=O)N[C@@H](CC(=O)OCC)Cc2ccccc2F)nn1Cc1ccc(-c2ccccc2-c2nnn[nH]2)nc1. The van der Waals surface area contributed by atoms with Gasteiger partial charge in [-0.3, -0.25) is 19.3 Å². The largest absolute Gasteiger partial charge is 0.466 e. The van der Waals surface area contributed by atoms with Crippen molar-refractivity contribution in [3.63, 3.8) is 0 Å². The van der Waals surface area contributed by atoms with E-state index in [0.717, 1.165) is 34.5 Å². The Kier molecular flexibility index (Phi) is 9.80. The van der Waals surface area contributed by atoms with Crippen LogP contribution < -0.4 is 5.32 Å². The summed E-state index contributed by atoms with van der Waals surface area (Å²) >= 11 is 0. The zero-order valence-electron chi connectivity index (χ0n) is 24.5. The van der Waals surface area contributed by atoms with Crippen LogP contribution in [0.3, 0.4) is 0 Å². The van der Waals surface area contributed by atoms with E-state index in [1.54, 1.807) is 42.1 Å². The number of nitrogens with zero attached hydrogens (tertiary/aromatic N) is 6. The van der Waals surface area contributed by atoms with Gasteiger partial charge in [0.05, 0.1) is 25.3 Å². The molecule has 2 N–H and O–H groups in total. The molecule has 1 amide bonds. The summed E-state index contributed by atoms with van der Waals surface area (Å²) in [7, 11) is 0. The molecule has 0 unspecified atom stereocenters.